The number of aryl methyl sites for hydroxylation is 2. The minimum atomic E-state index is 0.630. The summed E-state index contributed by atoms with van der Waals surface area (Å²) in [5.74, 6) is 1.65. The number of aromatic nitrogens is 8. The molecule has 0 spiro atoms. The van der Waals surface area contributed by atoms with Crippen LogP contribution >= 0.6 is 0 Å². The Morgan fingerprint density at radius 3 is 1.52 bits per heavy atom. The van der Waals surface area contributed by atoms with Crippen LogP contribution in [0.1, 0.15) is 48.5 Å². The van der Waals surface area contributed by atoms with Gasteiger partial charge in [-0.05, 0) is 122 Å². The van der Waals surface area contributed by atoms with Crippen LogP contribution in [0.15, 0.2) is 122 Å². The maximum atomic E-state index is 6.29. The van der Waals surface area contributed by atoms with E-state index in [0.29, 0.717) is 13.2 Å². The summed E-state index contributed by atoms with van der Waals surface area (Å²) in [5.41, 5.74) is 11.3. The van der Waals surface area contributed by atoms with Crippen molar-refractivity contribution >= 4 is 46.4 Å². The third kappa shape index (κ3) is 8.09. The van der Waals surface area contributed by atoms with Gasteiger partial charge in [0.05, 0.1) is 48.6 Å². The van der Waals surface area contributed by atoms with Crippen LogP contribution in [0.3, 0.4) is 0 Å². The molecule has 10 nitrogen and oxygen atoms in total. The first-order chi connectivity index (χ1) is 27.7. The summed E-state index contributed by atoms with van der Waals surface area (Å²) in [6.45, 7) is 3.10. The predicted molar refractivity (Wildman–Crippen MR) is 224 cm³/mol. The number of aromatic amines is 2. The largest absolute Gasteiger partial charge is 0.494 e. The monoisotopic (exact) mass is 738 g/mol. The molecule has 9 rings (SSSR count). The van der Waals surface area contributed by atoms with Crippen LogP contribution in [0.5, 0.6) is 11.5 Å². The van der Waals surface area contributed by atoms with E-state index in [9.17, 15) is 0 Å². The topological polar surface area (TPSA) is 111 Å². The summed E-state index contributed by atoms with van der Waals surface area (Å²) in [6.07, 6.45) is 23.5. The van der Waals surface area contributed by atoms with Gasteiger partial charge in [0.25, 0.3) is 0 Å². The number of nitrogens with one attached hydrogen (secondary N) is 2. The van der Waals surface area contributed by atoms with Crippen LogP contribution in [0.4, 0.5) is 0 Å². The number of ether oxygens (including phenoxy) is 2. The van der Waals surface area contributed by atoms with Gasteiger partial charge < -0.3 is 28.6 Å². The van der Waals surface area contributed by atoms with Crippen LogP contribution in [-0.4, -0.2) is 52.3 Å². The summed E-state index contributed by atoms with van der Waals surface area (Å²) in [7, 11) is 0. The minimum Gasteiger partial charge on any atom is -0.494 e. The second kappa shape index (κ2) is 16.2. The molecule has 2 N–H and O–H groups in total. The molecule has 0 saturated carbocycles. The van der Waals surface area contributed by atoms with Crippen molar-refractivity contribution in [2.45, 2.75) is 38.8 Å². The highest BCUT2D eigenvalue weighted by molar-refractivity contribution is 5.95. The number of nitrogens with zero attached hydrogens (tertiary/aromatic N) is 6. The van der Waals surface area contributed by atoms with Gasteiger partial charge in [0.1, 0.15) is 11.5 Å². The SMILES string of the molecule is C1=Cc2cc3ccc([nH]3)c(-c3cccc(OCCCCn4ccnc4)c3)c3nc(c(-c4cccc(OCCCCn5ccnc5)c4)c4ccc(cc1n2)[nH]4)C=C3. The number of hydrogen-bond acceptors (Lipinski definition) is 6. The molecule has 0 fully saturated rings. The van der Waals surface area contributed by atoms with Crippen molar-refractivity contribution in [1.29, 1.82) is 0 Å². The van der Waals surface area contributed by atoms with E-state index in [1.54, 1.807) is 0 Å². The fourth-order valence-electron chi connectivity index (χ4n) is 7.17. The van der Waals surface area contributed by atoms with Crippen molar-refractivity contribution in [3.8, 4) is 33.8 Å². The summed E-state index contributed by atoms with van der Waals surface area (Å²) < 4.78 is 16.8. The van der Waals surface area contributed by atoms with Crippen molar-refractivity contribution in [2.24, 2.45) is 0 Å². The van der Waals surface area contributed by atoms with Crippen molar-refractivity contribution in [3.05, 3.63) is 145 Å². The van der Waals surface area contributed by atoms with Gasteiger partial charge in [-0.3, -0.25) is 0 Å². The minimum absolute atomic E-state index is 0.630. The fraction of sp³-hybridized carbons (Fsp3) is 0.174. The van der Waals surface area contributed by atoms with E-state index in [1.165, 1.54) is 0 Å². The van der Waals surface area contributed by atoms with Gasteiger partial charge in [0.2, 0.25) is 0 Å². The maximum absolute atomic E-state index is 6.29. The lowest BCUT2D eigenvalue weighted by atomic mass is 10.0. The van der Waals surface area contributed by atoms with Gasteiger partial charge in [-0.15, -0.1) is 0 Å². The molecule has 8 bridgehead atoms. The Labute approximate surface area is 324 Å². The quantitative estimate of drug-likeness (QED) is 0.107. The zero-order valence-electron chi connectivity index (χ0n) is 31.0. The van der Waals surface area contributed by atoms with Crippen LogP contribution in [0, 0.1) is 0 Å². The summed E-state index contributed by atoms with van der Waals surface area (Å²) in [4.78, 5) is 25.9. The van der Waals surface area contributed by atoms with Crippen molar-refractivity contribution in [2.75, 3.05) is 13.2 Å². The number of imidazole rings is 2. The number of fused-ring (bicyclic) bond motifs is 8. The first-order valence-electron chi connectivity index (χ1n) is 19.2. The molecule has 0 atom stereocenters. The van der Waals surface area contributed by atoms with Crippen LogP contribution in [0.25, 0.3) is 68.6 Å². The highest BCUT2D eigenvalue weighted by Crippen LogP contribution is 2.36. The summed E-state index contributed by atoms with van der Waals surface area (Å²) in [5, 5.41) is 0. The molecule has 5 aromatic heterocycles. The smallest absolute Gasteiger partial charge is 0.119 e. The second-order valence-electron chi connectivity index (χ2n) is 14.0. The summed E-state index contributed by atoms with van der Waals surface area (Å²) in [6, 6.07) is 29.2. The Hall–Kier alpha value is -6.94. The van der Waals surface area contributed by atoms with E-state index < -0.39 is 0 Å². The third-order valence-corrected chi connectivity index (χ3v) is 9.92. The first-order valence-corrected chi connectivity index (χ1v) is 19.2. The van der Waals surface area contributed by atoms with Gasteiger partial charge in [-0.1, -0.05) is 24.3 Å². The zero-order valence-corrected chi connectivity index (χ0v) is 31.0. The van der Waals surface area contributed by atoms with Crippen LogP contribution < -0.4 is 9.47 Å². The molecular weight excluding hydrogens is 697 g/mol. The molecule has 2 aromatic carbocycles. The normalized spacial score (nSPS) is 12.0. The molecule has 0 amide bonds. The van der Waals surface area contributed by atoms with Crippen molar-refractivity contribution in [1.82, 2.24) is 39.0 Å². The number of unbranched alkanes of at least 4 members (excludes halogenated alkanes) is 2. The van der Waals surface area contributed by atoms with E-state index in [1.807, 2.05) is 61.7 Å². The number of rotatable bonds is 14. The van der Waals surface area contributed by atoms with Gasteiger partial charge in [0.15, 0.2) is 0 Å². The van der Waals surface area contributed by atoms with E-state index in [-0.39, 0.29) is 0 Å². The molecule has 0 radical (unpaired) electrons. The number of hydrogen-bond donors (Lipinski definition) is 2. The van der Waals surface area contributed by atoms with Crippen LogP contribution in [-0.2, 0) is 13.1 Å². The molecule has 0 aliphatic carbocycles. The molecule has 2 aliphatic heterocycles. The Morgan fingerprint density at radius 2 is 1.04 bits per heavy atom. The third-order valence-electron chi connectivity index (χ3n) is 9.92. The molecule has 0 unspecified atom stereocenters. The second-order valence-corrected chi connectivity index (χ2v) is 14.0. The Morgan fingerprint density at radius 1 is 0.518 bits per heavy atom. The van der Waals surface area contributed by atoms with Gasteiger partial charge in [-0.25, -0.2) is 19.9 Å². The van der Waals surface area contributed by atoms with E-state index in [0.717, 1.165) is 117 Å². The molecule has 2 aliphatic rings. The molecule has 7 heterocycles. The average molecular weight is 739 g/mol. The van der Waals surface area contributed by atoms with Crippen LogP contribution in [0.2, 0.25) is 0 Å². The highest BCUT2D eigenvalue weighted by atomic mass is 16.5. The highest BCUT2D eigenvalue weighted by Gasteiger charge is 2.16. The number of benzene rings is 2. The Kier molecular flexibility index (Phi) is 10.1. The predicted octanol–water partition coefficient (Wildman–Crippen LogP) is 10.1. The van der Waals surface area contributed by atoms with Crippen molar-refractivity contribution in [3.63, 3.8) is 0 Å². The van der Waals surface area contributed by atoms with E-state index in [4.69, 9.17) is 19.4 Å². The lowest BCUT2D eigenvalue weighted by Crippen LogP contribution is -2.01. The molecule has 278 valence electrons. The van der Waals surface area contributed by atoms with Gasteiger partial charge in [-0.2, -0.15) is 0 Å². The van der Waals surface area contributed by atoms with Gasteiger partial charge in [0, 0.05) is 71.1 Å². The summed E-state index contributed by atoms with van der Waals surface area (Å²) >= 11 is 0. The van der Waals surface area contributed by atoms with Crippen molar-refractivity contribution < 1.29 is 9.47 Å². The molecule has 10 heteroatoms. The molecule has 0 saturated heterocycles. The first kappa shape index (κ1) is 34.8. The maximum Gasteiger partial charge on any atom is 0.119 e. The Bertz CT molecular complexity index is 2490. The Balaban J connectivity index is 1.10. The zero-order chi connectivity index (χ0) is 37.5. The number of H-pyrrole nitrogens is 2. The van der Waals surface area contributed by atoms with E-state index in [2.05, 4.69) is 114 Å². The average Bonchev–Trinajstić information content (AvgIpc) is 4.07. The lowest BCUT2D eigenvalue weighted by molar-refractivity contribution is 0.303. The lowest BCUT2D eigenvalue weighted by Gasteiger charge is -2.10. The fourth-order valence-corrected chi connectivity index (χ4v) is 7.17. The molecular formula is C46H42N8O2. The van der Waals surface area contributed by atoms with E-state index >= 15 is 0 Å². The molecule has 7 aromatic rings. The van der Waals surface area contributed by atoms with Gasteiger partial charge >= 0.3 is 0 Å². The standard InChI is InChI=1S/C46H42N8O2/c1(21-53-23-19-47-31-53)3-25-55-39-9-5-7-33(27-39)45-41-15-13-37(50-41)29-35-11-12-36(49-35)30-38-14-16-42(51-38)46(44-18-17-43(45)52-44)34-8-6-10-40(28-34)56-26-4-2-22-54-24-20-48-32-54/h5-20,23-24,27-32,50-51H,1-4,21-22,25-26H2. The molecule has 56 heavy (non-hydrogen) atoms.